The van der Waals surface area contributed by atoms with Gasteiger partial charge in [-0.3, -0.25) is 9.97 Å². The zero-order valence-corrected chi connectivity index (χ0v) is 16.0. The number of hydrogen-bond acceptors (Lipinski definition) is 3. The summed E-state index contributed by atoms with van der Waals surface area (Å²) in [5.74, 6) is -0.587. The Morgan fingerprint density at radius 2 is 1.82 bits per heavy atom. The molecule has 0 aliphatic carbocycles. The van der Waals surface area contributed by atoms with Crippen LogP contribution in [0.2, 0.25) is 5.02 Å². The van der Waals surface area contributed by atoms with Gasteiger partial charge in [-0.05, 0) is 48.4 Å². The highest BCUT2D eigenvalue weighted by atomic mass is 35.5. The summed E-state index contributed by atoms with van der Waals surface area (Å²) >= 11 is 6.38. The summed E-state index contributed by atoms with van der Waals surface area (Å²) in [7, 11) is 0. The van der Waals surface area contributed by atoms with Crippen LogP contribution in [0, 0.1) is 12.7 Å². The summed E-state index contributed by atoms with van der Waals surface area (Å²) in [6.45, 7) is 2.00. The van der Waals surface area contributed by atoms with Gasteiger partial charge in [0.25, 0.3) is 0 Å². The maximum atomic E-state index is 13.6. The second-order valence-electron chi connectivity index (χ2n) is 6.83. The maximum absolute atomic E-state index is 13.6. The van der Waals surface area contributed by atoms with Crippen LogP contribution >= 0.6 is 11.6 Å². The number of rotatable bonds is 4. The first-order valence-electron chi connectivity index (χ1n) is 8.96. The first-order chi connectivity index (χ1) is 13.5. The largest absolute Gasteiger partial charge is 0.505 e. The average molecular weight is 393 g/mol. The lowest BCUT2D eigenvalue weighted by Crippen LogP contribution is -2.08. The molecule has 0 radical (unpaired) electrons. The summed E-state index contributed by atoms with van der Waals surface area (Å²) in [6, 6.07) is 15.8. The minimum Gasteiger partial charge on any atom is -0.505 e. The fourth-order valence-electron chi connectivity index (χ4n) is 3.52. The Hall–Kier alpha value is -2.98. The van der Waals surface area contributed by atoms with E-state index < -0.39 is 5.82 Å². The molecule has 0 amide bonds. The third-order valence-corrected chi connectivity index (χ3v) is 5.21. The van der Waals surface area contributed by atoms with Crippen LogP contribution in [0.4, 0.5) is 4.39 Å². The lowest BCUT2D eigenvalue weighted by Gasteiger charge is -2.21. The SMILES string of the molecule is Cc1ccnc(CC(c2ccc(F)cc2Cl)c2ccc3cccnc3c2O)c1. The summed E-state index contributed by atoms with van der Waals surface area (Å²) in [5.41, 5.74) is 3.91. The fraction of sp³-hybridized carbons (Fsp3) is 0.130. The predicted octanol–water partition coefficient (Wildman–Crippen LogP) is 5.81. The number of phenols is 1. The van der Waals surface area contributed by atoms with Gasteiger partial charge in [-0.25, -0.2) is 4.39 Å². The van der Waals surface area contributed by atoms with E-state index in [1.807, 2.05) is 43.3 Å². The van der Waals surface area contributed by atoms with Crippen molar-refractivity contribution in [3.05, 3.63) is 100 Å². The molecular formula is C23H18ClFN2O. The third kappa shape index (κ3) is 3.56. The van der Waals surface area contributed by atoms with Gasteiger partial charge in [0, 0.05) is 46.4 Å². The molecule has 1 N–H and O–H groups in total. The molecule has 28 heavy (non-hydrogen) atoms. The summed E-state index contributed by atoms with van der Waals surface area (Å²) in [5, 5.41) is 12.1. The standard InChI is InChI=1S/C23H18ClFN2O/c1-14-8-10-26-17(11-14)13-20(18-7-5-16(25)12-21(18)24)19-6-4-15-3-2-9-27-22(15)23(19)28/h2-12,20,28H,13H2,1H3. The van der Waals surface area contributed by atoms with Crippen molar-refractivity contribution in [2.24, 2.45) is 0 Å². The lowest BCUT2D eigenvalue weighted by atomic mass is 9.86. The Labute approximate surface area is 167 Å². The van der Waals surface area contributed by atoms with Gasteiger partial charge in [0.15, 0.2) is 0 Å². The van der Waals surface area contributed by atoms with Gasteiger partial charge in [0.2, 0.25) is 0 Å². The van der Waals surface area contributed by atoms with E-state index in [2.05, 4.69) is 9.97 Å². The van der Waals surface area contributed by atoms with E-state index in [0.29, 0.717) is 22.5 Å². The molecule has 0 saturated carbocycles. The van der Waals surface area contributed by atoms with E-state index in [1.165, 1.54) is 12.1 Å². The summed E-state index contributed by atoms with van der Waals surface area (Å²) in [4.78, 5) is 8.77. The Morgan fingerprint density at radius 1 is 1.00 bits per heavy atom. The van der Waals surface area contributed by atoms with Crippen LogP contribution in [0.3, 0.4) is 0 Å². The number of nitrogens with zero attached hydrogens (tertiary/aromatic N) is 2. The van der Waals surface area contributed by atoms with Gasteiger partial charge in [-0.2, -0.15) is 0 Å². The van der Waals surface area contributed by atoms with Crippen molar-refractivity contribution < 1.29 is 9.50 Å². The Morgan fingerprint density at radius 3 is 2.61 bits per heavy atom. The molecule has 3 nitrogen and oxygen atoms in total. The zero-order chi connectivity index (χ0) is 19.7. The van der Waals surface area contributed by atoms with Crippen molar-refractivity contribution in [3.63, 3.8) is 0 Å². The van der Waals surface area contributed by atoms with E-state index in [1.54, 1.807) is 18.5 Å². The second-order valence-corrected chi connectivity index (χ2v) is 7.23. The highest BCUT2D eigenvalue weighted by molar-refractivity contribution is 6.31. The number of fused-ring (bicyclic) bond motifs is 1. The second kappa shape index (κ2) is 7.56. The molecular weight excluding hydrogens is 375 g/mol. The van der Waals surface area contributed by atoms with E-state index in [-0.39, 0.29) is 11.7 Å². The number of phenolic OH excluding ortho intramolecular Hbond substituents is 1. The molecule has 4 rings (SSSR count). The zero-order valence-electron chi connectivity index (χ0n) is 15.2. The molecule has 2 aromatic heterocycles. The van der Waals surface area contributed by atoms with E-state index in [0.717, 1.165) is 22.2 Å². The van der Waals surface area contributed by atoms with Gasteiger partial charge in [-0.1, -0.05) is 35.9 Å². The first kappa shape index (κ1) is 18.4. The van der Waals surface area contributed by atoms with Crippen molar-refractivity contribution in [1.29, 1.82) is 0 Å². The van der Waals surface area contributed by atoms with Crippen molar-refractivity contribution in [3.8, 4) is 5.75 Å². The predicted molar refractivity (Wildman–Crippen MR) is 109 cm³/mol. The molecule has 5 heteroatoms. The first-order valence-corrected chi connectivity index (χ1v) is 9.34. The van der Waals surface area contributed by atoms with Gasteiger partial charge in [0.1, 0.15) is 17.1 Å². The number of halogens is 2. The molecule has 2 aromatic carbocycles. The molecule has 4 aromatic rings. The molecule has 0 saturated heterocycles. The number of aromatic hydroxyl groups is 1. The number of benzene rings is 2. The Kier molecular flexibility index (Phi) is 4.97. The van der Waals surface area contributed by atoms with E-state index in [9.17, 15) is 9.50 Å². The highest BCUT2D eigenvalue weighted by Gasteiger charge is 2.23. The minimum absolute atomic E-state index is 0.108. The van der Waals surface area contributed by atoms with Crippen molar-refractivity contribution in [1.82, 2.24) is 9.97 Å². The van der Waals surface area contributed by atoms with E-state index >= 15 is 0 Å². The maximum Gasteiger partial charge on any atom is 0.145 e. The highest BCUT2D eigenvalue weighted by Crippen LogP contribution is 2.40. The van der Waals surface area contributed by atoms with Crippen LogP contribution in [0.15, 0.2) is 67.0 Å². The lowest BCUT2D eigenvalue weighted by molar-refractivity contribution is 0.469. The quantitative estimate of drug-likeness (QED) is 0.476. The van der Waals surface area contributed by atoms with Gasteiger partial charge < -0.3 is 5.11 Å². The number of pyridine rings is 2. The Bertz CT molecular complexity index is 1160. The topological polar surface area (TPSA) is 46.0 Å². The van der Waals surface area contributed by atoms with Crippen LogP contribution < -0.4 is 0 Å². The van der Waals surface area contributed by atoms with Crippen LogP contribution in [0.5, 0.6) is 5.75 Å². The molecule has 0 aliphatic heterocycles. The van der Waals surface area contributed by atoms with Crippen LogP contribution in [-0.4, -0.2) is 15.1 Å². The molecule has 1 unspecified atom stereocenters. The van der Waals surface area contributed by atoms with Crippen LogP contribution in [0.1, 0.15) is 28.3 Å². The number of aromatic nitrogens is 2. The summed E-state index contributed by atoms with van der Waals surface area (Å²) in [6.07, 6.45) is 3.92. The van der Waals surface area contributed by atoms with Crippen LogP contribution in [-0.2, 0) is 6.42 Å². The normalized spacial score (nSPS) is 12.2. The van der Waals surface area contributed by atoms with Crippen LogP contribution in [0.25, 0.3) is 10.9 Å². The third-order valence-electron chi connectivity index (χ3n) is 4.88. The van der Waals surface area contributed by atoms with Gasteiger partial charge in [0.05, 0.1) is 0 Å². The minimum atomic E-state index is -0.398. The van der Waals surface area contributed by atoms with Gasteiger partial charge >= 0.3 is 0 Å². The molecule has 1 atom stereocenters. The Balaban J connectivity index is 1.88. The van der Waals surface area contributed by atoms with Crippen molar-refractivity contribution in [2.45, 2.75) is 19.3 Å². The monoisotopic (exact) mass is 392 g/mol. The fourth-order valence-corrected chi connectivity index (χ4v) is 3.82. The van der Waals surface area contributed by atoms with Crippen molar-refractivity contribution in [2.75, 3.05) is 0 Å². The molecule has 0 bridgehead atoms. The van der Waals surface area contributed by atoms with E-state index in [4.69, 9.17) is 11.6 Å². The smallest absolute Gasteiger partial charge is 0.145 e. The number of aryl methyl sites for hydroxylation is 1. The molecule has 0 spiro atoms. The number of hydrogen-bond donors (Lipinski definition) is 1. The summed E-state index contributed by atoms with van der Waals surface area (Å²) < 4.78 is 13.6. The molecule has 140 valence electrons. The average Bonchev–Trinajstić information content (AvgIpc) is 2.67. The van der Waals surface area contributed by atoms with Crippen molar-refractivity contribution >= 4 is 22.5 Å². The molecule has 2 heterocycles. The van der Waals surface area contributed by atoms with Gasteiger partial charge in [-0.15, -0.1) is 0 Å². The molecule has 0 aliphatic rings. The molecule has 0 fully saturated rings.